The van der Waals surface area contributed by atoms with Crippen molar-refractivity contribution in [2.45, 2.75) is 0 Å². The highest BCUT2D eigenvalue weighted by Gasteiger charge is 2.26. The van der Waals surface area contributed by atoms with Crippen LogP contribution in [0.5, 0.6) is 0 Å². The number of fused-ring (bicyclic) bond motifs is 17. The zero-order chi connectivity index (χ0) is 36.5. The van der Waals surface area contributed by atoms with Crippen LogP contribution < -0.4 is 0 Å². The first kappa shape index (κ1) is 29.7. The van der Waals surface area contributed by atoms with Crippen molar-refractivity contribution < 1.29 is 13.3 Å². The second kappa shape index (κ2) is 10.9. The van der Waals surface area contributed by atoms with E-state index in [4.69, 9.17) is 23.2 Å². The summed E-state index contributed by atoms with van der Waals surface area (Å²) in [4.78, 5) is 10.3. The fourth-order valence-electron chi connectivity index (χ4n) is 9.02. The molecule has 0 spiro atoms. The number of hydrogen-bond donors (Lipinski definition) is 0. The molecule has 13 rings (SSSR count). The van der Waals surface area contributed by atoms with Crippen molar-refractivity contribution in [1.82, 2.24) is 14.5 Å². The molecule has 0 radical (unpaired) electrons. The van der Waals surface area contributed by atoms with Crippen LogP contribution in [0, 0.1) is 0 Å². The summed E-state index contributed by atoms with van der Waals surface area (Å²) < 4.78 is 22.4. The van der Waals surface area contributed by atoms with Gasteiger partial charge in [-0.3, -0.25) is 0 Å². The van der Waals surface area contributed by atoms with Crippen LogP contribution in [0.25, 0.3) is 127 Å². The predicted octanol–water partition coefficient (Wildman–Crippen LogP) is 13.8. The third-order valence-electron chi connectivity index (χ3n) is 11.4. The molecule has 260 valence electrons. The summed E-state index contributed by atoms with van der Waals surface area (Å²) in [6.45, 7) is 0. The van der Waals surface area contributed by atoms with E-state index in [1.54, 1.807) is 0 Å². The summed E-state index contributed by atoms with van der Waals surface area (Å²) in [7, 11) is 0. The van der Waals surface area contributed by atoms with Crippen LogP contribution in [-0.4, -0.2) is 14.5 Å². The molecule has 0 aliphatic rings. The quantitative estimate of drug-likeness (QED) is 0.182. The molecule has 6 heteroatoms. The molecular weight excluding hydrogens is 691 g/mol. The summed E-state index contributed by atoms with van der Waals surface area (Å²) in [6, 6.07) is 56.4. The van der Waals surface area contributed by atoms with Gasteiger partial charge in [-0.05, 0) is 48.5 Å². The fraction of sp³-hybridized carbons (Fsp3) is 0. The Morgan fingerprint density at radius 3 is 1.82 bits per heavy atom. The van der Waals surface area contributed by atoms with Gasteiger partial charge in [0.15, 0.2) is 11.4 Å². The maximum Gasteiger partial charge on any atom is 0.180 e. The summed E-state index contributed by atoms with van der Waals surface area (Å²) in [5.74, 6) is 0.650. The first-order chi connectivity index (χ1) is 27.8. The third kappa shape index (κ3) is 3.94. The van der Waals surface area contributed by atoms with E-state index < -0.39 is 0 Å². The largest absolute Gasteiger partial charge is 0.456 e. The molecule has 0 saturated heterocycles. The summed E-state index contributed by atoms with van der Waals surface area (Å²) in [5.41, 5.74) is 11.4. The lowest BCUT2D eigenvalue weighted by Gasteiger charge is -2.11. The number of benzene rings is 8. The van der Waals surface area contributed by atoms with E-state index in [2.05, 4.69) is 102 Å². The molecule has 0 unspecified atom stereocenters. The topological polar surface area (TPSA) is 70.1 Å². The van der Waals surface area contributed by atoms with Crippen molar-refractivity contribution in [2.75, 3.05) is 0 Å². The normalized spacial score (nSPS) is 12.3. The lowest BCUT2D eigenvalue weighted by molar-refractivity contribution is 0.667. The van der Waals surface area contributed by atoms with Crippen LogP contribution >= 0.6 is 0 Å². The van der Waals surface area contributed by atoms with Crippen molar-refractivity contribution in [2.24, 2.45) is 0 Å². The molecule has 0 fully saturated rings. The van der Waals surface area contributed by atoms with E-state index in [-0.39, 0.29) is 0 Å². The van der Waals surface area contributed by atoms with Crippen LogP contribution in [-0.2, 0) is 0 Å². The van der Waals surface area contributed by atoms with E-state index in [0.29, 0.717) is 11.4 Å². The van der Waals surface area contributed by atoms with E-state index in [1.807, 2.05) is 66.7 Å². The van der Waals surface area contributed by atoms with Gasteiger partial charge in [-0.1, -0.05) is 115 Å². The van der Waals surface area contributed by atoms with Crippen LogP contribution in [0.4, 0.5) is 0 Å². The molecule has 6 nitrogen and oxygen atoms in total. The zero-order valence-electron chi connectivity index (χ0n) is 29.7. The Kier molecular flexibility index (Phi) is 5.80. The molecule has 0 bridgehead atoms. The Morgan fingerprint density at radius 2 is 1.02 bits per heavy atom. The minimum Gasteiger partial charge on any atom is -0.456 e. The maximum atomic E-state index is 6.92. The number of nitrogens with zero attached hydrogens (tertiary/aromatic N) is 3. The van der Waals surface area contributed by atoms with Gasteiger partial charge in [0, 0.05) is 59.9 Å². The number of para-hydroxylation sites is 3. The van der Waals surface area contributed by atoms with Gasteiger partial charge in [0.05, 0.1) is 16.4 Å². The number of aromatic nitrogens is 3. The van der Waals surface area contributed by atoms with Crippen molar-refractivity contribution in [3.8, 4) is 28.3 Å². The highest BCUT2D eigenvalue weighted by atomic mass is 16.3. The minimum atomic E-state index is 0.650. The van der Waals surface area contributed by atoms with Crippen molar-refractivity contribution in [1.29, 1.82) is 0 Å². The van der Waals surface area contributed by atoms with Crippen molar-refractivity contribution in [3.63, 3.8) is 0 Å². The van der Waals surface area contributed by atoms with E-state index in [0.717, 1.165) is 115 Å². The van der Waals surface area contributed by atoms with E-state index >= 15 is 0 Å². The van der Waals surface area contributed by atoms with Crippen LogP contribution in [0.3, 0.4) is 0 Å². The van der Waals surface area contributed by atoms with Gasteiger partial charge in [-0.25, -0.2) is 9.97 Å². The SMILES string of the molecule is c1ccc(-c2nc(-c3ccccc3)c3oc4ccc(-n5c6ccccc6c6c7oc8ccccc8c7c7c(ccc8oc9ccccc9c87)c65)cc4c3n2)cc1. The molecule has 0 N–H and O–H groups in total. The average Bonchev–Trinajstić information content (AvgIpc) is 4.02. The lowest BCUT2D eigenvalue weighted by Crippen LogP contribution is -1.95. The number of hydrogen-bond acceptors (Lipinski definition) is 5. The maximum absolute atomic E-state index is 6.92. The molecule has 0 aliphatic heterocycles. The van der Waals surface area contributed by atoms with Crippen LogP contribution in [0.1, 0.15) is 0 Å². The summed E-state index contributed by atoms with van der Waals surface area (Å²) >= 11 is 0. The molecule has 0 atom stereocenters. The third-order valence-corrected chi connectivity index (χ3v) is 11.4. The smallest absolute Gasteiger partial charge is 0.180 e. The van der Waals surface area contributed by atoms with E-state index in [9.17, 15) is 0 Å². The first-order valence-electron chi connectivity index (χ1n) is 18.7. The fourth-order valence-corrected chi connectivity index (χ4v) is 9.02. The molecule has 0 aliphatic carbocycles. The molecule has 0 saturated carbocycles. The Balaban J connectivity index is 1.20. The second-order valence-electron chi connectivity index (χ2n) is 14.4. The van der Waals surface area contributed by atoms with Gasteiger partial charge in [0.25, 0.3) is 0 Å². The van der Waals surface area contributed by atoms with Crippen LogP contribution in [0.15, 0.2) is 177 Å². The summed E-state index contributed by atoms with van der Waals surface area (Å²) in [6.07, 6.45) is 0. The van der Waals surface area contributed by atoms with Gasteiger partial charge in [-0.15, -0.1) is 0 Å². The molecule has 5 heterocycles. The number of rotatable bonds is 3. The van der Waals surface area contributed by atoms with Gasteiger partial charge >= 0.3 is 0 Å². The molecule has 5 aromatic heterocycles. The van der Waals surface area contributed by atoms with Gasteiger partial charge in [0.2, 0.25) is 0 Å². The zero-order valence-corrected chi connectivity index (χ0v) is 29.7. The standard InChI is InChI=1S/C50H27N3O3/c1-3-13-28(14-4-1)45-49-46(52-50(51-45)29-15-5-2-6-16-29)35-27-30(23-25-39(35)56-49)53-36-20-10-7-17-31(36)44-47(53)34-24-26-40-41(32-18-8-11-21-37(32)54-40)42(34)43-33-19-9-12-22-38(33)55-48(43)44/h1-27H. The molecule has 0 amide bonds. The summed E-state index contributed by atoms with van der Waals surface area (Å²) in [5, 5.41) is 9.68. The van der Waals surface area contributed by atoms with E-state index in [1.165, 1.54) is 0 Å². The van der Waals surface area contributed by atoms with Crippen molar-refractivity contribution >= 4 is 98.5 Å². The number of furan rings is 3. The van der Waals surface area contributed by atoms with Crippen LogP contribution in [0.2, 0.25) is 0 Å². The Morgan fingerprint density at radius 1 is 0.393 bits per heavy atom. The predicted molar refractivity (Wildman–Crippen MR) is 227 cm³/mol. The second-order valence-corrected chi connectivity index (χ2v) is 14.4. The average molecular weight is 718 g/mol. The highest BCUT2D eigenvalue weighted by Crippen LogP contribution is 2.49. The van der Waals surface area contributed by atoms with Gasteiger partial charge < -0.3 is 17.8 Å². The Bertz CT molecular complexity index is 3760. The van der Waals surface area contributed by atoms with Gasteiger partial charge in [0.1, 0.15) is 39.1 Å². The Labute approximate surface area is 317 Å². The minimum absolute atomic E-state index is 0.650. The molecule has 56 heavy (non-hydrogen) atoms. The highest BCUT2D eigenvalue weighted by molar-refractivity contribution is 6.40. The monoisotopic (exact) mass is 717 g/mol. The Hall–Kier alpha value is -7.70. The lowest BCUT2D eigenvalue weighted by atomic mass is 9.95. The molecule has 13 aromatic rings. The first-order valence-corrected chi connectivity index (χ1v) is 18.7. The molecule has 8 aromatic carbocycles. The molecular formula is C50H27N3O3. The van der Waals surface area contributed by atoms with Crippen molar-refractivity contribution in [3.05, 3.63) is 164 Å². The van der Waals surface area contributed by atoms with Gasteiger partial charge in [-0.2, -0.15) is 0 Å².